The molecule has 0 fully saturated rings. The molecule has 0 aliphatic carbocycles. The molecule has 0 saturated carbocycles. The molecule has 80 valence electrons. The molecule has 2 N–H and O–H groups in total. The van der Waals surface area contributed by atoms with E-state index in [1.165, 1.54) is 0 Å². The second kappa shape index (κ2) is 6.22. The number of hydrogen-bond acceptors (Lipinski definition) is 3. The van der Waals surface area contributed by atoms with E-state index in [1.807, 2.05) is 0 Å². The summed E-state index contributed by atoms with van der Waals surface area (Å²) in [5.74, 6) is -0.323. The molecule has 0 aromatic heterocycles. The number of nitrogens with two attached hydrogens (primary N) is 1. The van der Waals surface area contributed by atoms with Crippen molar-refractivity contribution in [1.29, 1.82) is 0 Å². The Morgan fingerprint density at radius 1 is 1.54 bits per heavy atom. The van der Waals surface area contributed by atoms with Gasteiger partial charge in [-0.1, -0.05) is 20.8 Å². The molecule has 0 aliphatic rings. The Bertz CT molecular complexity index is 158. The number of rotatable bonds is 4. The summed E-state index contributed by atoms with van der Waals surface area (Å²) in [4.78, 5) is 11.0. The molecule has 1 unspecified atom stereocenters. The maximum atomic E-state index is 11.0. The molecule has 0 amide bonds. The smallest absolute Gasteiger partial charge is 0.322 e. The standard InChI is InChI=1S/C9H19NO2.ClH/c1-5-9(3,4)6-12-8(11)7(2)10;/h7H,5-6,10H2,1-4H3;1H. The number of hydrogen-bond donors (Lipinski definition) is 1. The van der Waals surface area contributed by atoms with Crippen LogP contribution in [-0.4, -0.2) is 18.6 Å². The van der Waals surface area contributed by atoms with E-state index in [0.717, 1.165) is 6.42 Å². The van der Waals surface area contributed by atoms with E-state index in [9.17, 15) is 4.79 Å². The second-order valence-electron chi connectivity index (χ2n) is 3.91. The molecule has 13 heavy (non-hydrogen) atoms. The Kier molecular flexibility index (Phi) is 7.27. The zero-order valence-corrected chi connectivity index (χ0v) is 9.61. The van der Waals surface area contributed by atoms with Crippen LogP contribution in [0.2, 0.25) is 0 Å². The van der Waals surface area contributed by atoms with E-state index >= 15 is 0 Å². The number of carbonyl (C=O) groups is 1. The van der Waals surface area contributed by atoms with Crippen molar-refractivity contribution in [2.75, 3.05) is 6.61 Å². The third-order valence-electron chi connectivity index (χ3n) is 1.93. The molecular formula is C9H20ClNO2. The van der Waals surface area contributed by atoms with Gasteiger partial charge in [-0.3, -0.25) is 4.79 Å². The highest BCUT2D eigenvalue weighted by Gasteiger charge is 2.18. The third-order valence-corrected chi connectivity index (χ3v) is 1.93. The van der Waals surface area contributed by atoms with Gasteiger partial charge in [0, 0.05) is 0 Å². The van der Waals surface area contributed by atoms with Gasteiger partial charge in [-0.15, -0.1) is 12.4 Å². The molecule has 4 heteroatoms. The van der Waals surface area contributed by atoms with Crippen LogP contribution in [0.25, 0.3) is 0 Å². The predicted molar refractivity (Wildman–Crippen MR) is 55.9 cm³/mol. The zero-order chi connectivity index (χ0) is 9.78. The average Bonchev–Trinajstić information content (AvgIpc) is 2.00. The molecule has 0 aromatic carbocycles. The number of esters is 1. The average molecular weight is 210 g/mol. The predicted octanol–water partition coefficient (Wildman–Crippen LogP) is 1.73. The number of halogens is 1. The lowest BCUT2D eigenvalue weighted by molar-refractivity contribution is -0.147. The summed E-state index contributed by atoms with van der Waals surface area (Å²) < 4.78 is 5.00. The first kappa shape index (κ1) is 15.2. The van der Waals surface area contributed by atoms with Crippen LogP contribution in [0.3, 0.4) is 0 Å². The summed E-state index contributed by atoms with van der Waals surface area (Å²) >= 11 is 0. The van der Waals surface area contributed by atoms with Crippen LogP contribution in [0, 0.1) is 5.41 Å². The van der Waals surface area contributed by atoms with Crippen LogP contribution >= 0.6 is 12.4 Å². The second-order valence-corrected chi connectivity index (χ2v) is 3.91. The van der Waals surface area contributed by atoms with Crippen LogP contribution in [0.15, 0.2) is 0 Å². The first-order valence-electron chi connectivity index (χ1n) is 4.31. The van der Waals surface area contributed by atoms with Crippen molar-refractivity contribution in [3.05, 3.63) is 0 Å². The Morgan fingerprint density at radius 2 is 2.00 bits per heavy atom. The van der Waals surface area contributed by atoms with Crippen molar-refractivity contribution in [3.8, 4) is 0 Å². The molecule has 0 radical (unpaired) electrons. The lowest BCUT2D eigenvalue weighted by Gasteiger charge is -2.22. The third kappa shape index (κ3) is 6.84. The minimum Gasteiger partial charge on any atom is -0.464 e. The van der Waals surface area contributed by atoms with Crippen molar-refractivity contribution in [2.45, 2.75) is 40.2 Å². The molecule has 0 aromatic rings. The molecule has 0 saturated heterocycles. The summed E-state index contributed by atoms with van der Waals surface area (Å²) in [5.41, 5.74) is 5.39. The monoisotopic (exact) mass is 209 g/mol. The van der Waals surface area contributed by atoms with Crippen molar-refractivity contribution in [2.24, 2.45) is 11.1 Å². The molecule has 0 spiro atoms. The highest BCUT2D eigenvalue weighted by Crippen LogP contribution is 2.19. The Balaban J connectivity index is 0. The molecule has 0 rings (SSSR count). The molecule has 0 bridgehead atoms. The van der Waals surface area contributed by atoms with Crippen molar-refractivity contribution in [3.63, 3.8) is 0 Å². The van der Waals surface area contributed by atoms with Gasteiger partial charge in [0.1, 0.15) is 6.04 Å². The van der Waals surface area contributed by atoms with Crippen LogP contribution in [0.1, 0.15) is 34.1 Å². The first-order valence-corrected chi connectivity index (χ1v) is 4.31. The lowest BCUT2D eigenvalue weighted by Crippen LogP contribution is -2.31. The van der Waals surface area contributed by atoms with E-state index in [4.69, 9.17) is 10.5 Å². The van der Waals surface area contributed by atoms with Crippen LogP contribution in [0.4, 0.5) is 0 Å². The normalized spacial score (nSPS) is 13.0. The topological polar surface area (TPSA) is 52.3 Å². The Labute approximate surface area is 86.4 Å². The number of ether oxygens (including phenoxy) is 1. The van der Waals surface area contributed by atoms with Crippen molar-refractivity contribution in [1.82, 2.24) is 0 Å². The summed E-state index contributed by atoms with van der Waals surface area (Å²) in [7, 11) is 0. The summed E-state index contributed by atoms with van der Waals surface area (Å²) in [5, 5.41) is 0. The number of carbonyl (C=O) groups excluding carboxylic acids is 1. The van der Waals surface area contributed by atoms with Gasteiger partial charge in [0.15, 0.2) is 0 Å². The fourth-order valence-corrected chi connectivity index (χ4v) is 0.500. The molecular weight excluding hydrogens is 190 g/mol. The molecule has 1 atom stereocenters. The summed E-state index contributed by atoms with van der Waals surface area (Å²) in [6, 6.07) is -0.516. The van der Waals surface area contributed by atoms with Crippen LogP contribution in [0.5, 0.6) is 0 Å². The zero-order valence-electron chi connectivity index (χ0n) is 8.79. The first-order chi connectivity index (χ1) is 5.39. The van der Waals surface area contributed by atoms with Gasteiger partial charge in [-0.05, 0) is 18.8 Å². The van der Waals surface area contributed by atoms with Crippen LogP contribution in [-0.2, 0) is 9.53 Å². The van der Waals surface area contributed by atoms with E-state index in [2.05, 4.69) is 20.8 Å². The van der Waals surface area contributed by atoms with Crippen molar-refractivity contribution < 1.29 is 9.53 Å². The molecule has 0 aliphatic heterocycles. The largest absolute Gasteiger partial charge is 0.464 e. The van der Waals surface area contributed by atoms with Gasteiger partial charge >= 0.3 is 5.97 Å². The van der Waals surface area contributed by atoms with Gasteiger partial charge in [0.2, 0.25) is 0 Å². The Hall–Kier alpha value is -0.280. The molecule has 3 nitrogen and oxygen atoms in total. The maximum Gasteiger partial charge on any atom is 0.322 e. The molecule has 0 heterocycles. The highest BCUT2D eigenvalue weighted by molar-refractivity contribution is 5.85. The van der Waals surface area contributed by atoms with Gasteiger partial charge < -0.3 is 10.5 Å². The summed E-state index contributed by atoms with van der Waals surface area (Å²) in [6.07, 6.45) is 0.985. The fourth-order valence-electron chi connectivity index (χ4n) is 0.500. The lowest BCUT2D eigenvalue weighted by atomic mass is 9.92. The van der Waals surface area contributed by atoms with E-state index in [0.29, 0.717) is 6.61 Å². The minimum absolute atomic E-state index is 0. The fraction of sp³-hybridized carbons (Fsp3) is 0.889. The Morgan fingerprint density at radius 3 is 2.31 bits per heavy atom. The van der Waals surface area contributed by atoms with E-state index in [1.54, 1.807) is 6.92 Å². The summed E-state index contributed by atoms with van der Waals surface area (Å²) in [6.45, 7) is 8.26. The quantitative estimate of drug-likeness (QED) is 0.718. The minimum atomic E-state index is -0.516. The van der Waals surface area contributed by atoms with Gasteiger partial charge in [0.05, 0.1) is 6.61 Å². The van der Waals surface area contributed by atoms with Crippen molar-refractivity contribution >= 4 is 18.4 Å². The highest BCUT2D eigenvalue weighted by atomic mass is 35.5. The van der Waals surface area contributed by atoms with Gasteiger partial charge in [-0.2, -0.15) is 0 Å². The van der Waals surface area contributed by atoms with Gasteiger partial charge in [0.25, 0.3) is 0 Å². The van der Waals surface area contributed by atoms with E-state index < -0.39 is 6.04 Å². The van der Waals surface area contributed by atoms with E-state index in [-0.39, 0.29) is 23.8 Å². The van der Waals surface area contributed by atoms with Crippen LogP contribution < -0.4 is 5.73 Å². The van der Waals surface area contributed by atoms with Gasteiger partial charge in [-0.25, -0.2) is 0 Å². The maximum absolute atomic E-state index is 11.0. The SMILES string of the molecule is CCC(C)(C)COC(=O)C(C)N.Cl.